The van der Waals surface area contributed by atoms with Crippen LogP contribution in [0.2, 0.25) is 0 Å². The first kappa shape index (κ1) is 19.5. The van der Waals surface area contributed by atoms with Crippen LogP contribution in [0.5, 0.6) is 0 Å². The molecule has 0 aliphatic carbocycles. The van der Waals surface area contributed by atoms with Crippen molar-refractivity contribution in [2.45, 2.75) is 47.1 Å². The van der Waals surface area contributed by atoms with Crippen LogP contribution in [-0.4, -0.2) is 55.8 Å². The number of carbonyl (C=O) groups is 1. The maximum atomic E-state index is 11.8. The maximum absolute atomic E-state index is 11.8. The fourth-order valence-electron chi connectivity index (χ4n) is 1.39. The SMILES string of the molecule is CCNC(=NCC(C)C)NCCN(C)C(=O)OC(C)(C)C. The number of likely N-dealkylation sites (N-methyl/N-ethyl adjacent to an activating group) is 1. The van der Waals surface area contributed by atoms with E-state index in [4.69, 9.17) is 4.74 Å². The van der Waals surface area contributed by atoms with E-state index >= 15 is 0 Å². The highest BCUT2D eigenvalue weighted by Gasteiger charge is 2.19. The van der Waals surface area contributed by atoms with Gasteiger partial charge in [-0.3, -0.25) is 4.99 Å². The summed E-state index contributed by atoms with van der Waals surface area (Å²) in [5.74, 6) is 1.30. The van der Waals surface area contributed by atoms with Crippen LogP contribution >= 0.6 is 0 Å². The number of aliphatic imine (C=N–C) groups is 1. The topological polar surface area (TPSA) is 66.0 Å². The van der Waals surface area contributed by atoms with Gasteiger partial charge in [0.25, 0.3) is 0 Å². The van der Waals surface area contributed by atoms with Gasteiger partial charge in [0.05, 0.1) is 0 Å². The number of guanidine groups is 1. The van der Waals surface area contributed by atoms with Gasteiger partial charge in [-0.2, -0.15) is 0 Å². The molecule has 2 N–H and O–H groups in total. The molecule has 1 amide bonds. The van der Waals surface area contributed by atoms with E-state index in [-0.39, 0.29) is 6.09 Å². The van der Waals surface area contributed by atoms with Crippen LogP contribution < -0.4 is 10.6 Å². The highest BCUT2D eigenvalue weighted by atomic mass is 16.6. The first-order chi connectivity index (χ1) is 9.65. The molecule has 0 rings (SSSR count). The molecule has 0 aliphatic rings. The smallest absolute Gasteiger partial charge is 0.410 e. The van der Waals surface area contributed by atoms with Gasteiger partial charge in [0.2, 0.25) is 0 Å². The van der Waals surface area contributed by atoms with E-state index in [1.54, 1.807) is 11.9 Å². The Kier molecular flexibility index (Phi) is 8.81. The Balaban J connectivity index is 4.19. The van der Waals surface area contributed by atoms with Crippen molar-refractivity contribution in [3.05, 3.63) is 0 Å². The lowest BCUT2D eigenvalue weighted by Crippen LogP contribution is -2.43. The lowest BCUT2D eigenvalue weighted by atomic mass is 10.2. The van der Waals surface area contributed by atoms with E-state index in [2.05, 4.69) is 29.5 Å². The van der Waals surface area contributed by atoms with Crippen LogP contribution in [0.4, 0.5) is 4.79 Å². The van der Waals surface area contributed by atoms with Gasteiger partial charge in [0, 0.05) is 33.2 Å². The Morgan fingerprint density at radius 2 is 1.90 bits per heavy atom. The third kappa shape index (κ3) is 10.9. The molecule has 0 radical (unpaired) electrons. The molecule has 124 valence electrons. The van der Waals surface area contributed by atoms with Gasteiger partial charge < -0.3 is 20.3 Å². The summed E-state index contributed by atoms with van der Waals surface area (Å²) in [7, 11) is 1.73. The normalized spacial score (nSPS) is 12.3. The summed E-state index contributed by atoms with van der Waals surface area (Å²) in [4.78, 5) is 17.8. The summed E-state index contributed by atoms with van der Waals surface area (Å²) in [6, 6.07) is 0. The molecule has 0 atom stereocenters. The molecule has 0 unspecified atom stereocenters. The number of hydrogen-bond donors (Lipinski definition) is 2. The average molecular weight is 300 g/mol. The van der Waals surface area contributed by atoms with Crippen LogP contribution in [0.25, 0.3) is 0 Å². The van der Waals surface area contributed by atoms with Crippen molar-refractivity contribution >= 4 is 12.1 Å². The lowest BCUT2D eigenvalue weighted by Gasteiger charge is -2.25. The third-order valence-corrected chi connectivity index (χ3v) is 2.40. The van der Waals surface area contributed by atoms with Crippen molar-refractivity contribution in [2.75, 3.05) is 33.2 Å². The number of ether oxygens (including phenoxy) is 1. The molecule has 0 spiro atoms. The van der Waals surface area contributed by atoms with Crippen LogP contribution in [0.3, 0.4) is 0 Å². The van der Waals surface area contributed by atoms with Crippen molar-refractivity contribution in [2.24, 2.45) is 10.9 Å². The Morgan fingerprint density at radius 3 is 2.38 bits per heavy atom. The van der Waals surface area contributed by atoms with Crippen LogP contribution in [-0.2, 0) is 4.74 Å². The molecule has 6 nitrogen and oxygen atoms in total. The standard InChI is InChI=1S/C15H32N4O2/c1-8-16-13(18-11-12(2)3)17-9-10-19(7)14(20)21-15(4,5)6/h12H,8-11H2,1-7H3,(H2,16,17,18). The van der Waals surface area contributed by atoms with E-state index in [0.29, 0.717) is 19.0 Å². The Morgan fingerprint density at radius 1 is 1.29 bits per heavy atom. The Bertz CT molecular complexity index is 335. The average Bonchev–Trinajstić information content (AvgIpc) is 2.33. The molecule has 21 heavy (non-hydrogen) atoms. The monoisotopic (exact) mass is 300 g/mol. The predicted octanol–water partition coefficient (Wildman–Crippen LogP) is 2.06. The lowest BCUT2D eigenvalue weighted by molar-refractivity contribution is 0.0302. The minimum atomic E-state index is -0.466. The van der Waals surface area contributed by atoms with Gasteiger partial charge in [-0.25, -0.2) is 4.79 Å². The van der Waals surface area contributed by atoms with Gasteiger partial charge in [0.15, 0.2) is 5.96 Å². The summed E-state index contributed by atoms with van der Waals surface area (Å²) in [5, 5.41) is 6.40. The molecule has 0 aromatic carbocycles. The number of carbonyl (C=O) groups excluding carboxylic acids is 1. The molecule has 0 aromatic rings. The highest BCUT2D eigenvalue weighted by molar-refractivity contribution is 5.79. The van der Waals surface area contributed by atoms with Gasteiger partial charge in [-0.05, 0) is 33.6 Å². The fraction of sp³-hybridized carbons (Fsp3) is 0.867. The first-order valence-electron chi connectivity index (χ1n) is 7.62. The summed E-state index contributed by atoms with van der Waals surface area (Å²) in [5.41, 5.74) is -0.466. The fourth-order valence-corrected chi connectivity index (χ4v) is 1.39. The predicted molar refractivity (Wildman–Crippen MR) is 87.7 cm³/mol. The van der Waals surface area contributed by atoms with Gasteiger partial charge in [-0.15, -0.1) is 0 Å². The molecule has 6 heteroatoms. The molecule has 0 fully saturated rings. The maximum Gasteiger partial charge on any atom is 0.410 e. The van der Waals surface area contributed by atoms with Crippen molar-refractivity contribution in [1.82, 2.24) is 15.5 Å². The molecule has 0 bridgehead atoms. The van der Waals surface area contributed by atoms with E-state index in [9.17, 15) is 4.79 Å². The summed E-state index contributed by atoms with van der Waals surface area (Å²) >= 11 is 0. The third-order valence-electron chi connectivity index (χ3n) is 2.40. The van der Waals surface area contributed by atoms with E-state index in [1.807, 2.05) is 27.7 Å². The Hall–Kier alpha value is -1.46. The Labute approximate surface area is 129 Å². The van der Waals surface area contributed by atoms with Gasteiger partial charge in [0.1, 0.15) is 5.60 Å². The number of hydrogen-bond acceptors (Lipinski definition) is 3. The first-order valence-corrected chi connectivity index (χ1v) is 7.62. The number of rotatable bonds is 6. The van der Waals surface area contributed by atoms with Crippen molar-refractivity contribution < 1.29 is 9.53 Å². The minimum Gasteiger partial charge on any atom is -0.444 e. The summed E-state index contributed by atoms with van der Waals surface area (Å²) in [6.45, 7) is 14.6. The highest BCUT2D eigenvalue weighted by Crippen LogP contribution is 2.08. The van der Waals surface area contributed by atoms with E-state index in [0.717, 1.165) is 19.0 Å². The molecule has 0 aromatic heterocycles. The largest absolute Gasteiger partial charge is 0.444 e. The van der Waals surface area contributed by atoms with Crippen molar-refractivity contribution in [1.29, 1.82) is 0 Å². The number of nitrogens with zero attached hydrogens (tertiary/aromatic N) is 2. The van der Waals surface area contributed by atoms with Gasteiger partial charge in [-0.1, -0.05) is 13.8 Å². The number of nitrogens with one attached hydrogen (secondary N) is 2. The molecule has 0 aliphatic heterocycles. The van der Waals surface area contributed by atoms with Crippen LogP contribution in [0.1, 0.15) is 41.5 Å². The molecule has 0 heterocycles. The molecule has 0 saturated carbocycles. The minimum absolute atomic E-state index is 0.312. The second-order valence-corrected chi connectivity index (χ2v) is 6.44. The van der Waals surface area contributed by atoms with Gasteiger partial charge >= 0.3 is 6.09 Å². The second kappa shape index (κ2) is 9.47. The van der Waals surface area contributed by atoms with E-state index in [1.165, 1.54) is 0 Å². The molecular formula is C15H32N4O2. The number of amides is 1. The summed E-state index contributed by atoms with van der Waals surface area (Å²) < 4.78 is 5.30. The molecular weight excluding hydrogens is 268 g/mol. The van der Waals surface area contributed by atoms with E-state index < -0.39 is 5.60 Å². The van der Waals surface area contributed by atoms with Crippen LogP contribution in [0.15, 0.2) is 4.99 Å². The van der Waals surface area contributed by atoms with Crippen molar-refractivity contribution in [3.63, 3.8) is 0 Å². The van der Waals surface area contributed by atoms with Crippen molar-refractivity contribution in [3.8, 4) is 0 Å². The molecule has 0 saturated heterocycles. The quantitative estimate of drug-likeness (QED) is 0.582. The van der Waals surface area contributed by atoms with Crippen LogP contribution in [0, 0.1) is 5.92 Å². The zero-order valence-corrected chi connectivity index (χ0v) is 14.6. The zero-order valence-electron chi connectivity index (χ0n) is 14.6. The summed E-state index contributed by atoms with van der Waals surface area (Å²) in [6.07, 6.45) is -0.312. The second-order valence-electron chi connectivity index (χ2n) is 6.44. The zero-order chi connectivity index (χ0) is 16.5.